The van der Waals surface area contributed by atoms with Gasteiger partial charge in [0.05, 0.1) is 19.6 Å². The Labute approximate surface area is 112 Å². The molecule has 0 aliphatic carbocycles. The van der Waals surface area contributed by atoms with Crippen LogP contribution in [0.25, 0.3) is 0 Å². The molecule has 116 valence electrons. The maximum absolute atomic E-state index is 12.7. The van der Waals surface area contributed by atoms with Gasteiger partial charge in [0, 0.05) is 0 Å². The van der Waals surface area contributed by atoms with Gasteiger partial charge in [0.1, 0.15) is 12.2 Å². The molecule has 0 spiro atoms. The zero-order chi connectivity index (χ0) is 16.0. The second-order valence-corrected chi connectivity index (χ2v) is 3.78. The molecule has 0 rings (SSSR count). The summed E-state index contributed by atoms with van der Waals surface area (Å²) >= 11 is 0. The number of rotatable bonds is 7. The first-order valence-electron chi connectivity index (χ1n) is 5.72. The van der Waals surface area contributed by atoms with Gasteiger partial charge < -0.3 is 14.6 Å². The summed E-state index contributed by atoms with van der Waals surface area (Å²) in [7, 11) is 0. The predicted octanol–water partition coefficient (Wildman–Crippen LogP) is 0.755. The minimum absolute atomic E-state index is 0.0481. The Bertz CT molecular complexity index is 379. The second-order valence-electron chi connectivity index (χ2n) is 3.78. The minimum Gasteiger partial charge on any atom is -0.466 e. The molecule has 0 bridgehead atoms. The highest BCUT2D eigenvalue weighted by molar-refractivity contribution is 5.98. The molecule has 0 unspecified atom stereocenters. The van der Waals surface area contributed by atoms with Crippen LogP contribution >= 0.6 is 0 Å². The topological polar surface area (TPSA) is 89.9 Å². The Balaban J connectivity index is 4.97. The van der Waals surface area contributed by atoms with Gasteiger partial charge in [0.25, 0.3) is 5.60 Å². The van der Waals surface area contributed by atoms with Crippen LogP contribution in [0.15, 0.2) is 0 Å². The van der Waals surface area contributed by atoms with E-state index in [9.17, 15) is 32.7 Å². The number of esters is 2. The van der Waals surface area contributed by atoms with E-state index in [2.05, 4.69) is 9.47 Å². The number of aliphatic hydroxyl groups is 1. The van der Waals surface area contributed by atoms with Crippen molar-refractivity contribution in [3.63, 3.8) is 0 Å². The number of hydrogen-bond acceptors (Lipinski definition) is 6. The fourth-order valence-corrected chi connectivity index (χ4v) is 1.26. The summed E-state index contributed by atoms with van der Waals surface area (Å²) in [5.74, 6) is -4.30. The van der Waals surface area contributed by atoms with Crippen LogP contribution in [0.3, 0.4) is 0 Å². The smallest absolute Gasteiger partial charge is 0.428 e. The predicted molar refractivity (Wildman–Crippen MR) is 58.5 cm³/mol. The van der Waals surface area contributed by atoms with Gasteiger partial charge in [-0.3, -0.25) is 9.59 Å². The average molecular weight is 300 g/mol. The molecule has 0 saturated heterocycles. The van der Waals surface area contributed by atoms with E-state index in [0.29, 0.717) is 0 Å². The first kappa shape index (κ1) is 18.4. The van der Waals surface area contributed by atoms with E-state index >= 15 is 0 Å². The monoisotopic (exact) mass is 300 g/mol. The number of ether oxygens (including phenoxy) is 2. The zero-order valence-corrected chi connectivity index (χ0v) is 11.0. The molecule has 0 saturated carbocycles. The first-order valence-corrected chi connectivity index (χ1v) is 5.72. The molecule has 0 fully saturated rings. The molecule has 20 heavy (non-hydrogen) atoms. The molecule has 0 amide bonds. The largest absolute Gasteiger partial charge is 0.466 e. The molecule has 1 atom stereocenters. The van der Waals surface area contributed by atoms with Crippen LogP contribution in [0.2, 0.25) is 0 Å². The molecule has 6 nitrogen and oxygen atoms in total. The number of alkyl halides is 3. The fraction of sp³-hybridized carbons (Fsp3) is 0.727. The van der Waals surface area contributed by atoms with E-state index in [4.69, 9.17) is 0 Å². The molecule has 0 aromatic heterocycles. The molecular weight excluding hydrogens is 285 g/mol. The van der Waals surface area contributed by atoms with Crippen LogP contribution in [0, 0.1) is 0 Å². The highest BCUT2D eigenvalue weighted by atomic mass is 19.4. The number of carbonyl (C=O) groups is 3. The third-order valence-corrected chi connectivity index (χ3v) is 2.18. The molecule has 1 N–H and O–H groups in total. The molecule has 0 radical (unpaired) electrons. The number of halogens is 3. The maximum atomic E-state index is 12.7. The first-order chi connectivity index (χ1) is 9.08. The quantitative estimate of drug-likeness (QED) is 0.551. The number of Topliss-reactive ketones (excluding diaryl/α,β-unsaturated/α-hetero) is 1. The van der Waals surface area contributed by atoms with Gasteiger partial charge in [-0.1, -0.05) is 0 Å². The van der Waals surface area contributed by atoms with Gasteiger partial charge in [0.15, 0.2) is 0 Å². The van der Waals surface area contributed by atoms with Crippen molar-refractivity contribution < 1.29 is 42.1 Å². The van der Waals surface area contributed by atoms with E-state index in [0.717, 1.165) is 0 Å². The van der Waals surface area contributed by atoms with Gasteiger partial charge in [-0.2, -0.15) is 13.2 Å². The third-order valence-electron chi connectivity index (χ3n) is 2.18. The maximum Gasteiger partial charge on any atom is 0.428 e. The summed E-state index contributed by atoms with van der Waals surface area (Å²) in [5, 5.41) is 9.39. The normalized spacial score (nSPS) is 14.3. The van der Waals surface area contributed by atoms with E-state index in [1.165, 1.54) is 13.8 Å². The molecule has 0 aromatic carbocycles. The van der Waals surface area contributed by atoms with Crippen LogP contribution < -0.4 is 0 Å². The average Bonchev–Trinajstić information content (AvgIpc) is 2.27. The van der Waals surface area contributed by atoms with E-state index in [1.54, 1.807) is 0 Å². The van der Waals surface area contributed by atoms with Gasteiger partial charge in [-0.05, 0) is 13.8 Å². The molecule has 0 aromatic rings. The van der Waals surface area contributed by atoms with E-state index < -0.39 is 48.9 Å². The van der Waals surface area contributed by atoms with Crippen molar-refractivity contribution in [3.8, 4) is 0 Å². The van der Waals surface area contributed by atoms with Gasteiger partial charge in [-0.15, -0.1) is 0 Å². The van der Waals surface area contributed by atoms with Crippen LogP contribution in [-0.2, 0) is 23.9 Å². The summed E-state index contributed by atoms with van der Waals surface area (Å²) in [5.41, 5.74) is -3.97. The van der Waals surface area contributed by atoms with Crippen molar-refractivity contribution in [1.82, 2.24) is 0 Å². The van der Waals surface area contributed by atoms with E-state index in [1.807, 2.05) is 0 Å². The molecular formula is C11H15F3O6. The number of ketones is 1. The lowest BCUT2D eigenvalue weighted by atomic mass is 9.95. The third kappa shape index (κ3) is 4.80. The second kappa shape index (κ2) is 7.22. The molecule has 0 aliphatic rings. The summed E-state index contributed by atoms with van der Waals surface area (Å²) in [6.07, 6.45) is -7.97. The van der Waals surface area contributed by atoms with Gasteiger partial charge in [0.2, 0.25) is 0 Å². The van der Waals surface area contributed by atoms with Crippen molar-refractivity contribution >= 4 is 17.7 Å². The fourth-order valence-electron chi connectivity index (χ4n) is 1.26. The van der Waals surface area contributed by atoms with Crippen LogP contribution in [0.1, 0.15) is 26.7 Å². The molecule has 0 heterocycles. The Morgan fingerprint density at radius 3 is 1.95 bits per heavy atom. The molecule has 0 aliphatic heterocycles. The lowest BCUT2D eigenvalue weighted by molar-refractivity contribution is -0.263. The lowest BCUT2D eigenvalue weighted by Gasteiger charge is -2.27. The van der Waals surface area contributed by atoms with E-state index in [-0.39, 0.29) is 6.61 Å². The summed E-state index contributed by atoms with van der Waals surface area (Å²) in [6.45, 7) is 2.25. The van der Waals surface area contributed by atoms with Crippen molar-refractivity contribution in [2.45, 2.75) is 38.5 Å². The standard InChI is InChI=1S/C11H15F3O6/c1-3-19-8(16)5-7(15)6-10(18,11(12,13)14)9(17)20-4-2/h18H,3-6H2,1-2H3/t10-/m0/s1. The Kier molecular flexibility index (Phi) is 6.63. The summed E-state index contributed by atoms with van der Waals surface area (Å²) in [4.78, 5) is 33.5. The Hall–Kier alpha value is -1.64. The van der Waals surface area contributed by atoms with Crippen LogP contribution in [0.4, 0.5) is 13.2 Å². The van der Waals surface area contributed by atoms with Crippen LogP contribution in [0.5, 0.6) is 0 Å². The highest BCUT2D eigenvalue weighted by Gasteiger charge is 2.61. The van der Waals surface area contributed by atoms with Crippen molar-refractivity contribution in [3.05, 3.63) is 0 Å². The Morgan fingerprint density at radius 1 is 1.05 bits per heavy atom. The van der Waals surface area contributed by atoms with Crippen LogP contribution in [-0.4, -0.2) is 47.8 Å². The highest BCUT2D eigenvalue weighted by Crippen LogP contribution is 2.34. The summed E-state index contributed by atoms with van der Waals surface area (Å²) in [6, 6.07) is 0. The Morgan fingerprint density at radius 2 is 1.55 bits per heavy atom. The molecule has 9 heteroatoms. The van der Waals surface area contributed by atoms with Gasteiger partial charge >= 0.3 is 18.1 Å². The van der Waals surface area contributed by atoms with Crippen molar-refractivity contribution in [1.29, 1.82) is 0 Å². The van der Waals surface area contributed by atoms with Crippen molar-refractivity contribution in [2.24, 2.45) is 0 Å². The number of carbonyl (C=O) groups excluding carboxylic acids is 3. The van der Waals surface area contributed by atoms with Crippen molar-refractivity contribution in [2.75, 3.05) is 13.2 Å². The number of hydrogen-bond donors (Lipinski definition) is 1. The zero-order valence-electron chi connectivity index (χ0n) is 11.0. The minimum atomic E-state index is -5.40. The van der Waals surface area contributed by atoms with Gasteiger partial charge in [-0.25, -0.2) is 4.79 Å². The lowest BCUT2D eigenvalue weighted by Crippen LogP contribution is -2.54. The summed E-state index contributed by atoms with van der Waals surface area (Å²) < 4.78 is 46.6. The SMILES string of the molecule is CCOC(=O)CC(=O)C[C@](O)(C(=O)OCC)C(F)(F)F.